The van der Waals surface area contributed by atoms with E-state index in [-0.39, 0.29) is 0 Å². The summed E-state index contributed by atoms with van der Waals surface area (Å²) in [4.78, 5) is 2.34. The Balaban J connectivity index is 1.01. The molecule has 0 amide bonds. The second-order valence-corrected chi connectivity index (χ2v) is 14.1. The third kappa shape index (κ3) is 5.28. The van der Waals surface area contributed by atoms with E-state index >= 15 is 0 Å². The van der Waals surface area contributed by atoms with Crippen molar-refractivity contribution in [3.63, 3.8) is 0 Å². The van der Waals surface area contributed by atoms with E-state index in [9.17, 15) is 0 Å². The molecule has 9 aromatic carbocycles. The third-order valence-corrected chi connectivity index (χ3v) is 10.9. The van der Waals surface area contributed by atoms with Crippen LogP contribution < -0.4 is 4.90 Å². The highest BCUT2D eigenvalue weighted by Gasteiger charge is 2.20. The average molecular weight is 704 g/mol. The Morgan fingerprint density at radius 1 is 0.327 bits per heavy atom. The summed E-state index contributed by atoms with van der Waals surface area (Å²) in [5.74, 6) is 0. The fraction of sp³-hybridized carbons (Fsp3) is 0. The third-order valence-electron chi connectivity index (χ3n) is 10.9. The number of hydrogen-bond acceptors (Lipinski definition) is 3. The molecule has 3 nitrogen and oxygen atoms in total. The molecule has 0 aliphatic rings. The van der Waals surface area contributed by atoms with Crippen LogP contribution in [0.2, 0.25) is 0 Å². The average Bonchev–Trinajstić information content (AvgIpc) is 3.83. The lowest BCUT2D eigenvalue weighted by molar-refractivity contribution is 0.669. The molecule has 3 heteroatoms. The zero-order valence-corrected chi connectivity index (χ0v) is 29.8. The molecule has 55 heavy (non-hydrogen) atoms. The van der Waals surface area contributed by atoms with Crippen molar-refractivity contribution in [3.8, 4) is 33.4 Å². The van der Waals surface area contributed by atoms with Gasteiger partial charge in [0.15, 0.2) is 0 Å². The van der Waals surface area contributed by atoms with Crippen molar-refractivity contribution in [2.24, 2.45) is 0 Å². The molecule has 0 bridgehead atoms. The maximum atomic E-state index is 6.41. The molecule has 0 N–H and O–H groups in total. The summed E-state index contributed by atoms with van der Waals surface area (Å²) in [6, 6.07) is 71.0. The quantitative estimate of drug-likeness (QED) is 0.173. The Bertz CT molecular complexity index is 3200. The Kier molecular flexibility index (Phi) is 7.17. The molecule has 0 atom stereocenters. The first-order valence-electron chi connectivity index (χ1n) is 18.7. The van der Waals surface area contributed by atoms with Crippen molar-refractivity contribution in [2.45, 2.75) is 0 Å². The smallest absolute Gasteiger partial charge is 0.143 e. The monoisotopic (exact) mass is 703 g/mol. The van der Waals surface area contributed by atoms with E-state index in [1.165, 1.54) is 27.5 Å². The summed E-state index contributed by atoms with van der Waals surface area (Å²) in [5.41, 5.74) is 13.6. The van der Waals surface area contributed by atoms with Crippen molar-refractivity contribution in [2.75, 3.05) is 4.90 Å². The maximum Gasteiger partial charge on any atom is 0.143 e. The van der Waals surface area contributed by atoms with E-state index in [4.69, 9.17) is 8.83 Å². The summed E-state index contributed by atoms with van der Waals surface area (Å²) >= 11 is 0. The minimum absolute atomic E-state index is 0.860. The van der Waals surface area contributed by atoms with E-state index in [1.807, 2.05) is 24.3 Å². The van der Waals surface area contributed by atoms with Crippen LogP contribution >= 0.6 is 0 Å². The number of rotatable bonds is 6. The van der Waals surface area contributed by atoms with Crippen molar-refractivity contribution in [3.05, 3.63) is 200 Å². The zero-order chi connectivity index (χ0) is 36.3. The molecule has 2 heterocycles. The Labute approximate surface area is 317 Å². The highest BCUT2D eigenvalue weighted by molar-refractivity contribution is 6.13. The molecule has 0 saturated heterocycles. The van der Waals surface area contributed by atoms with Gasteiger partial charge in [0.25, 0.3) is 0 Å². The summed E-state index contributed by atoms with van der Waals surface area (Å²) in [5, 5.41) is 6.93. The predicted molar refractivity (Wildman–Crippen MR) is 229 cm³/mol. The predicted octanol–water partition coefficient (Wildman–Crippen LogP) is 15.1. The Morgan fingerprint density at radius 3 is 1.69 bits per heavy atom. The normalized spacial score (nSPS) is 11.6. The lowest BCUT2D eigenvalue weighted by Gasteiger charge is -2.26. The lowest BCUT2D eigenvalue weighted by atomic mass is 9.97. The van der Waals surface area contributed by atoms with E-state index < -0.39 is 0 Å². The van der Waals surface area contributed by atoms with Gasteiger partial charge in [-0.2, -0.15) is 0 Å². The first kappa shape index (κ1) is 31.2. The molecule has 258 valence electrons. The number of anilines is 3. The van der Waals surface area contributed by atoms with Crippen molar-refractivity contribution in [1.29, 1.82) is 0 Å². The van der Waals surface area contributed by atoms with Gasteiger partial charge in [-0.1, -0.05) is 140 Å². The second-order valence-electron chi connectivity index (χ2n) is 14.1. The Hall–Kier alpha value is -7.36. The molecule has 0 unspecified atom stereocenters. The van der Waals surface area contributed by atoms with Crippen LogP contribution in [-0.4, -0.2) is 0 Å². The first-order chi connectivity index (χ1) is 27.2. The molecule has 0 aliphatic carbocycles. The summed E-state index contributed by atoms with van der Waals surface area (Å²) in [6.07, 6.45) is 0. The van der Waals surface area contributed by atoms with Gasteiger partial charge in [0.05, 0.1) is 11.1 Å². The molecular formula is C52H33NO2. The van der Waals surface area contributed by atoms with Crippen LogP contribution in [0.1, 0.15) is 0 Å². The van der Waals surface area contributed by atoms with Gasteiger partial charge in [0.1, 0.15) is 22.3 Å². The number of hydrogen-bond donors (Lipinski definition) is 0. The minimum Gasteiger partial charge on any atom is -0.456 e. The summed E-state index contributed by atoms with van der Waals surface area (Å²) < 4.78 is 12.8. The first-order valence-corrected chi connectivity index (χ1v) is 18.7. The Morgan fingerprint density at radius 2 is 0.891 bits per heavy atom. The highest BCUT2D eigenvalue weighted by atomic mass is 16.3. The standard InChI is InChI=1S/C52H33NO2/c1-2-11-37-33-40(23-22-34(37)10-1)39-13-7-12-38(32-39)35-24-28-41(29-25-35)53(47-18-9-21-50-51(47)46-15-4-6-20-49(46)54-50)42-30-26-36(27-31-42)43-16-8-17-45-44-14-3-5-19-48(44)55-52(43)45/h1-33H. The van der Waals surface area contributed by atoms with Crippen molar-refractivity contribution in [1.82, 2.24) is 0 Å². The van der Waals surface area contributed by atoms with Gasteiger partial charge in [-0.05, 0) is 99.3 Å². The van der Waals surface area contributed by atoms with Gasteiger partial charge < -0.3 is 13.7 Å². The minimum atomic E-state index is 0.860. The molecule has 0 fully saturated rings. The molecule has 0 saturated carbocycles. The van der Waals surface area contributed by atoms with Gasteiger partial charge in [0, 0.05) is 33.1 Å². The van der Waals surface area contributed by atoms with Gasteiger partial charge in [-0.3, -0.25) is 0 Å². The zero-order valence-electron chi connectivity index (χ0n) is 29.8. The van der Waals surface area contributed by atoms with E-state index in [2.05, 4.69) is 181 Å². The molecule has 0 spiro atoms. The van der Waals surface area contributed by atoms with Crippen LogP contribution in [0.15, 0.2) is 209 Å². The maximum absolute atomic E-state index is 6.41. The number of para-hydroxylation sites is 3. The number of furan rings is 2. The van der Waals surface area contributed by atoms with Crippen LogP contribution in [-0.2, 0) is 0 Å². The van der Waals surface area contributed by atoms with Crippen molar-refractivity contribution < 1.29 is 8.83 Å². The van der Waals surface area contributed by atoms with Gasteiger partial charge in [0.2, 0.25) is 0 Å². The molecular weight excluding hydrogens is 671 g/mol. The van der Waals surface area contributed by atoms with Crippen LogP contribution in [0.4, 0.5) is 17.1 Å². The van der Waals surface area contributed by atoms with Crippen LogP contribution in [0.5, 0.6) is 0 Å². The molecule has 0 aliphatic heterocycles. The van der Waals surface area contributed by atoms with E-state index in [1.54, 1.807) is 0 Å². The molecule has 2 aromatic heterocycles. The number of fused-ring (bicyclic) bond motifs is 7. The fourth-order valence-electron chi connectivity index (χ4n) is 8.18. The SMILES string of the molecule is c1cc(-c2ccc(N(c3ccc(-c4cccc5c4oc4ccccc45)cc3)c3cccc4oc5ccccc5c34)cc2)cc(-c2ccc3ccccc3c2)c1. The van der Waals surface area contributed by atoms with Crippen LogP contribution in [0.25, 0.3) is 88.0 Å². The van der Waals surface area contributed by atoms with Crippen molar-refractivity contribution >= 4 is 71.7 Å². The summed E-state index contributed by atoms with van der Waals surface area (Å²) in [7, 11) is 0. The lowest BCUT2D eigenvalue weighted by Crippen LogP contribution is -2.10. The van der Waals surface area contributed by atoms with Crippen LogP contribution in [0.3, 0.4) is 0 Å². The second kappa shape index (κ2) is 12.6. The topological polar surface area (TPSA) is 29.5 Å². The van der Waals surface area contributed by atoms with E-state index in [0.717, 1.165) is 77.6 Å². The largest absolute Gasteiger partial charge is 0.456 e. The summed E-state index contributed by atoms with van der Waals surface area (Å²) in [6.45, 7) is 0. The number of nitrogens with zero attached hydrogens (tertiary/aromatic N) is 1. The molecule has 11 aromatic rings. The highest BCUT2D eigenvalue weighted by Crippen LogP contribution is 2.44. The van der Waals surface area contributed by atoms with Crippen LogP contribution in [0, 0.1) is 0 Å². The number of benzene rings is 9. The fourth-order valence-corrected chi connectivity index (χ4v) is 8.18. The molecule has 11 rings (SSSR count). The van der Waals surface area contributed by atoms with Gasteiger partial charge in [-0.25, -0.2) is 0 Å². The van der Waals surface area contributed by atoms with E-state index in [0.29, 0.717) is 0 Å². The van der Waals surface area contributed by atoms with Gasteiger partial charge in [-0.15, -0.1) is 0 Å². The van der Waals surface area contributed by atoms with Gasteiger partial charge >= 0.3 is 0 Å². The molecule has 0 radical (unpaired) electrons.